The summed E-state index contributed by atoms with van der Waals surface area (Å²) in [5.74, 6) is 0.494. The fourth-order valence-corrected chi connectivity index (χ4v) is 3.09. The smallest absolute Gasteiger partial charge is 0.268 e. The molecule has 0 radical (unpaired) electrons. The van der Waals surface area contributed by atoms with Crippen LogP contribution in [0.1, 0.15) is 59.7 Å². The molecule has 0 N–H and O–H groups in total. The molecule has 102 valence electrons. The summed E-state index contributed by atoms with van der Waals surface area (Å²) in [6, 6.07) is 7.03. The molecule has 0 aromatic heterocycles. The van der Waals surface area contributed by atoms with E-state index < -0.39 is 0 Å². The zero-order valence-corrected chi connectivity index (χ0v) is 12.0. The Balaban J connectivity index is 1.83. The molecule has 0 saturated heterocycles. The van der Waals surface area contributed by atoms with E-state index in [1.165, 1.54) is 41.9 Å². The highest BCUT2D eigenvalue weighted by Gasteiger charge is 2.35. The Bertz CT molecular complexity index is 438. The first-order chi connectivity index (χ1) is 9.25. The number of nitrogens with zero attached hydrogens (tertiary/aromatic N) is 1. The van der Waals surface area contributed by atoms with Crippen LogP contribution in [-0.2, 0) is 0 Å². The van der Waals surface area contributed by atoms with Crippen LogP contribution in [-0.4, -0.2) is 21.9 Å². The number of hydrogen-bond acceptors (Lipinski definition) is 3. The van der Waals surface area contributed by atoms with Gasteiger partial charge in [0.15, 0.2) is 0 Å². The van der Waals surface area contributed by atoms with Crippen molar-refractivity contribution in [2.24, 2.45) is 0 Å². The van der Waals surface area contributed by atoms with Crippen LogP contribution in [0.4, 0.5) is 0 Å². The molecule has 1 aliphatic rings. The maximum absolute atomic E-state index is 12.1. The normalized spacial score (nSPS) is 14.1. The quantitative estimate of drug-likeness (QED) is 0.431. The number of carbonyl (C=O) groups excluding carboxylic acids is 2. The molecule has 19 heavy (non-hydrogen) atoms. The summed E-state index contributed by atoms with van der Waals surface area (Å²) in [6.07, 6.45) is 5.95. The second-order valence-corrected chi connectivity index (χ2v) is 5.73. The van der Waals surface area contributed by atoms with Gasteiger partial charge >= 0.3 is 0 Å². The molecule has 0 atom stereocenters. The third-order valence-corrected chi connectivity index (χ3v) is 4.29. The Hall–Kier alpha value is -1.29. The molecule has 1 aromatic rings. The van der Waals surface area contributed by atoms with Crippen LogP contribution in [0.15, 0.2) is 24.3 Å². The van der Waals surface area contributed by atoms with Crippen molar-refractivity contribution >= 4 is 23.8 Å². The molecule has 4 heteroatoms. The number of rotatable bonds is 7. The van der Waals surface area contributed by atoms with Crippen LogP contribution >= 0.6 is 11.9 Å². The first kappa shape index (κ1) is 14.1. The Labute approximate surface area is 118 Å². The molecule has 2 amide bonds. The summed E-state index contributed by atoms with van der Waals surface area (Å²) in [6.45, 7) is 2.19. The third kappa shape index (κ3) is 3.18. The monoisotopic (exact) mass is 277 g/mol. The number of hydrogen-bond donors (Lipinski definition) is 0. The van der Waals surface area contributed by atoms with Crippen molar-refractivity contribution < 1.29 is 9.59 Å². The standard InChI is InChI=1S/C15H19NO2S/c1-2-3-4-5-8-11-19-16-14(17)12-9-6-7-10-13(12)15(16)18/h6-7,9-10H,2-5,8,11H2,1H3. The molecule has 3 nitrogen and oxygen atoms in total. The van der Waals surface area contributed by atoms with Crippen molar-refractivity contribution in [2.45, 2.75) is 39.0 Å². The average molecular weight is 277 g/mol. The minimum atomic E-state index is -0.167. The van der Waals surface area contributed by atoms with Gasteiger partial charge in [0, 0.05) is 5.75 Å². The highest BCUT2D eigenvalue weighted by atomic mass is 32.2. The highest BCUT2D eigenvalue weighted by molar-refractivity contribution is 7.98. The van der Waals surface area contributed by atoms with Crippen molar-refractivity contribution in [3.8, 4) is 0 Å². The number of benzene rings is 1. The van der Waals surface area contributed by atoms with Gasteiger partial charge in [0.1, 0.15) is 0 Å². The van der Waals surface area contributed by atoms with Gasteiger partial charge in [-0.1, -0.05) is 44.7 Å². The van der Waals surface area contributed by atoms with Gasteiger partial charge in [-0.25, -0.2) is 4.31 Å². The lowest BCUT2D eigenvalue weighted by Gasteiger charge is -2.11. The predicted molar refractivity (Wildman–Crippen MR) is 78.2 cm³/mol. The van der Waals surface area contributed by atoms with Gasteiger partial charge in [-0.05, 0) is 30.5 Å². The molecule has 0 unspecified atom stereocenters. The second-order valence-electron chi connectivity index (χ2n) is 4.70. The lowest BCUT2D eigenvalue weighted by molar-refractivity contribution is 0.0777. The second kappa shape index (κ2) is 6.75. The number of carbonyl (C=O) groups is 2. The number of amides is 2. The Morgan fingerprint density at radius 2 is 1.53 bits per heavy atom. The Morgan fingerprint density at radius 1 is 0.947 bits per heavy atom. The Kier molecular flexibility index (Phi) is 5.02. The summed E-state index contributed by atoms with van der Waals surface area (Å²) >= 11 is 1.35. The van der Waals surface area contributed by atoms with Gasteiger partial charge < -0.3 is 0 Å². The molecule has 2 rings (SSSR count). The number of fused-ring (bicyclic) bond motifs is 1. The summed E-state index contributed by atoms with van der Waals surface area (Å²) < 4.78 is 1.31. The van der Waals surface area contributed by atoms with Crippen LogP contribution in [0.5, 0.6) is 0 Å². The van der Waals surface area contributed by atoms with Crippen LogP contribution in [0, 0.1) is 0 Å². The average Bonchev–Trinajstić information content (AvgIpc) is 2.68. The van der Waals surface area contributed by atoms with Crippen molar-refractivity contribution in [3.05, 3.63) is 35.4 Å². The lowest BCUT2D eigenvalue weighted by atomic mass is 10.1. The molecule has 1 aromatic carbocycles. The molecule has 0 saturated carbocycles. The fourth-order valence-electron chi connectivity index (χ4n) is 2.15. The molecular weight excluding hydrogens is 258 g/mol. The first-order valence-corrected chi connectivity index (χ1v) is 7.80. The zero-order chi connectivity index (χ0) is 13.7. The van der Waals surface area contributed by atoms with E-state index in [2.05, 4.69) is 6.92 Å². The van der Waals surface area contributed by atoms with E-state index in [-0.39, 0.29) is 11.8 Å². The van der Waals surface area contributed by atoms with Crippen molar-refractivity contribution in [3.63, 3.8) is 0 Å². The molecule has 1 aliphatic heterocycles. The maximum Gasteiger partial charge on any atom is 0.271 e. The molecule has 0 bridgehead atoms. The van der Waals surface area contributed by atoms with E-state index in [1.54, 1.807) is 24.3 Å². The van der Waals surface area contributed by atoms with Crippen molar-refractivity contribution in [2.75, 3.05) is 5.75 Å². The van der Waals surface area contributed by atoms with Crippen LogP contribution < -0.4 is 0 Å². The molecular formula is C15H19NO2S. The van der Waals surface area contributed by atoms with Gasteiger partial charge in [0.2, 0.25) is 0 Å². The first-order valence-electron chi connectivity index (χ1n) is 6.86. The fraction of sp³-hybridized carbons (Fsp3) is 0.467. The number of imide groups is 1. The van der Waals surface area contributed by atoms with E-state index in [4.69, 9.17) is 0 Å². The third-order valence-electron chi connectivity index (χ3n) is 3.23. The van der Waals surface area contributed by atoms with Crippen LogP contribution in [0.3, 0.4) is 0 Å². The lowest BCUT2D eigenvalue weighted by Crippen LogP contribution is -2.22. The minimum absolute atomic E-state index is 0.167. The van der Waals surface area contributed by atoms with Gasteiger partial charge in [-0.15, -0.1) is 0 Å². The van der Waals surface area contributed by atoms with Gasteiger partial charge in [-0.3, -0.25) is 9.59 Å². The predicted octanol–water partition coefficient (Wildman–Crippen LogP) is 3.90. The summed E-state index contributed by atoms with van der Waals surface area (Å²) in [4.78, 5) is 24.1. The van der Waals surface area contributed by atoms with Gasteiger partial charge in [0.05, 0.1) is 11.1 Å². The molecule has 0 fully saturated rings. The summed E-state index contributed by atoms with van der Waals surface area (Å²) in [5, 5.41) is 0. The van der Waals surface area contributed by atoms with E-state index in [1.807, 2.05) is 0 Å². The molecule has 0 spiro atoms. The SMILES string of the molecule is CCCCCCCSN1C(=O)c2ccccc2C1=O. The van der Waals surface area contributed by atoms with E-state index in [0.29, 0.717) is 11.1 Å². The highest BCUT2D eigenvalue weighted by Crippen LogP contribution is 2.28. The van der Waals surface area contributed by atoms with Gasteiger partial charge in [-0.2, -0.15) is 0 Å². The Morgan fingerprint density at radius 3 is 2.11 bits per heavy atom. The maximum atomic E-state index is 12.1. The largest absolute Gasteiger partial charge is 0.271 e. The van der Waals surface area contributed by atoms with Crippen LogP contribution in [0.25, 0.3) is 0 Å². The minimum Gasteiger partial charge on any atom is -0.268 e. The van der Waals surface area contributed by atoms with E-state index in [0.717, 1.165) is 12.2 Å². The van der Waals surface area contributed by atoms with Crippen LogP contribution in [0.2, 0.25) is 0 Å². The number of unbranched alkanes of at least 4 members (excludes halogenated alkanes) is 4. The summed E-state index contributed by atoms with van der Waals surface area (Å²) in [7, 11) is 0. The molecule has 1 heterocycles. The van der Waals surface area contributed by atoms with E-state index in [9.17, 15) is 9.59 Å². The summed E-state index contributed by atoms with van der Waals surface area (Å²) in [5.41, 5.74) is 1.07. The topological polar surface area (TPSA) is 37.4 Å². The van der Waals surface area contributed by atoms with E-state index >= 15 is 0 Å². The van der Waals surface area contributed by atoms with Crippen molar-refractivity contribution in [1.29, 1.82) is 0 Å². The van der Waals surface area contributed by atoms with Gasteiger partial charge in [0.25, 0.3) is 11.8 Å². The van der Waals surface area contributed by atoms with Crippen molar-refractivity contribution in [1.82, 2.24) is 4.31 Å². The molecule has 0 aliphatic carbocycles. The zero-order valence-electron chi connectivity index (χ0n) is 11.2.